The van der Waals surface area contributed by atoms with E-state index in [0.29, 0.717) is 0 Å². The number of hydrogen-bond donors (Lipinski definition) is 1. The molecule has 0 aliphatic carbocycles. The lowest BCUT2D eigenvalue weighted by atomic mass is 10.1. The Hall–Kier alpha value is -1.35. The molecule has 1 saturated heterocycles. The fraction of sp³-hybridized carbons (Fsp3) is 0.588. The van der Waals surface area contributed by atoms with Gasteiger partial charge in [-0.2, -0.15) is 0 Å². The van der Waals surface area contributed by atoms with Gasteiger partial charge in [0.2, 0.25) is 5.91 Å². The Bertz CT molecular complexity index is 397. The summed E-state index contributed by atoms with van der Waals surface area (Å²) in [5, 5.41) is 3.42. The summed E-state index contributed by atoms with van der Waals surface area (Å²) in [6.45, 7) is 3.95. The van der Waals surface area contributed by atoms with E-state index >= 15 is 0 Å². The summed E-state index contributed by atoms with van der Waals surface area (Å²) < 4.78 is 0. The quantitative estimate of drug-likeness (QED) is 0.893. The van der Waals surface area contributed by atoms with E-state index < -0.39 is 0 Å². The summed E-state index contributed by atoms with van der Waals surface area (Å²) in [6, 6.07) is 10.1. The SMILES string of the molecule is CCCCN(C(=O)C1CCCCCN1)c1ccccc1. The van der Waals surface area contributed by atoms with Crippen LogP contribution in [0.3, 0.4) is 0 Å². The predicted octanol–water partition coefficient (Wildman–Crippen LogP) is 3.35. The molecule has 1 aromatic rings. The average Bonchev–Trinajstić information content (AvgIpc) is 2.77. The molecule has 0 aromatic heterocycles. The van der Waals surface area contributed by atoms with Gasteiger partial charge in [-0.05, 0) is 37.9 Å². The van der Waals surface area contributed by atoms with Crippen LogP contribution in [0.5, 0.6) is 0 Å². The summed E-state index contributed by atoms with van der Waals surface area (Å²) in [6.07, 6.45) is 6.69. The zero-order valence-electron chi connectivity index (χ0n) is 12.5. The first kappa shape index (κ1) is 15.0. The molecule has 1 unspecified atom stereocenters. The number of nitrogens with zero attached hydrogens (tertiary/aromatic N) is 1. The number of amides is 1. The van der Waals surface area contributed by atoms with Gasteiger partial charge in [-0.3, -0.25) is 4.79 Å². The molecule has 3 heteroatoms. The van der Waals surface area contributed by atoms with Gasteiger partial charge < -0.3 is 10.2 Å². The number of hydrogen-bond acceptors (Lipinski definition) is 2. The molecule has 0 radical (unpaired) electrons. The van der Waals surface area contributed by atoms with Gasteiger partial charge in [0.1, 0.15) is 0 Å². The van der Waals surface area contributed by atoms with Gasteiger partial charge >= 0.3 is 0 Å². The molecule has 20 heavy (non-hydrogen) atoms. The Morgan fingerprint density at radius 3 is 2.80 bits per heavy atom. The van der Waals surface area contributed by atoms with E-state index in [1.165, 1.54) is 12.8 Å². The van der Waals surface area contributed by atoms with Crippen LogP contribution in [0.4, 0.5) is 5.69 Å². The highest BCUT2D eigenvalue weighted by Crippen LogP contribution is 2.18. The van der Waals surface area contributed by atoms with Gasteiger partial charge in [-0.1, -0.05) is 44.4 Å². The third-order valence-corrected chi connectivity index (χ3v) is 3.93. The van der Waals surface area contributed by atoms with E-state index in [2.05, 4.69) is 12.2 Å². The smallest absolute Gasteiger partial charge is 0.244 e. The van der Waals surface area contributed by atoms with Gasteiger partial charge in [0, 0.05) is 12.2 Å². The molecule has 3 nitrogen and oxygen atoms in total. The van der Waals surface area contributed by atoms with Crippen molar-refractivity contribution in [3.8, 4) is 0 Å². The molecule has 1 N–H and O–H groups in total. The standard InChI is InChI=1S/C17H26N2O/c1-2-3-14-19(15-10-6-4-7-11-15)17(20)16-12-8-5-9-13-18-16/h4,6-7,10-11,16,18H,2-3,5,8-9,12-14H2,1H3. The molecule has 110 valence electrons. The van der Waals surface area contributed by atoms with Gasteiger partial charge in [0.15, 0.2) is 0 Å². The van der Waals surface area contributed by atoms with E-state index in [-0.39, 0.29) is 11.9 Å². The maximum absolute atomic E-state index is 12.8. The van der Waals surface area contributed by atoms with Gasteiger partial charge in [0.25, 0.3) is 0 Å². The lowest BCUT2D eigenvalue weighted by Crippen LogP contribution is -2.46. The number of carbonyl (C=O) groups excluding carboxylic acids is 1. The molecular weight excluding hydrogens is 248 g/mol. The normalized spacial score (nSPS) is 19.4. The predicted molar refractivity (Wildman–Crippen MR) is 84.0 cm³/mol. The molecule has 2 rings (SSSR count). The molecule has 1 aliphatic heterocycles. The maximum Gasteiger partial charge on any atom is 0.244 e. The van der Waals surface area contributed by atoms with Crippen molar-refractivity contribution in [3.63, 3.8) is 0 Å². The minimum Gasteiger partial charge on any atom is -0.311 e. The topological polar surface area (TPSA) is 32.3 Å². The number of nitrogens with one attached hydrogen (secondary N) is 1. The first-order chi connectivity index (χ1) is 9.83. The molecule has 1 aliphatic rings. The number of para-hydroxylation sites is 1. The van der Waals surface area contributed by atoms with Crippen molar-refractivity contribution in [1.29, 1.82) is 0 Å². The monoisotopic (exact) mass is 274 g/mol. The highest BCUT2D eigenvalue weighted by Gasteiger charge is 2.25. The van der Waals surface area contributed by atoms with Crippen molar-refractivity contribution in [2.45, 2.75) is 51.5 Å². The summed E-state index contributed by atoms with van der Waals surface area (Å²) >= 11 is 0. The first-order valence-corrected chi connectivity index (χ1v) is 7.92. The fourth-order valence-corrected chi connectivity index (χ4v) is 2.72. The van der Waals surface area contributed by atoms with Crippen LogP contribution in [0.15, 0.2) is 30.3 Å². The minimum absolute atomic E-state index is 0.00503. The van der Waals surface area contributed by atoms with E-state index in [4.69, 9.17) is 0 Å². The van der Waals surface area contributed by atoms with Crippen molar-refractivity contribution in [1.82, 2.24) is 5.32 Å². The molecule has 1 atom stereocenters. The Labute approximate surface area is 122 Å². The largest absolute Gasteiger partial charge is 0.311 e. The number of benzene rings is 1. The third-order valence-electron chi connectivity index (χ3n) is 3.93. The highest BCUT2D eigenvalue weighted by molar-refractivity contribution is 5.97. The zero-order chi connectivity index (χ0) is 14.2. The summed E-state index contributed by atoms with van der Waals surface area (Å²) in [5.74, 6) is 0.242. The fourth-order valence-electron chi connectivity index (χ4n) is 2.72. The third kappa shape index (κ3) is 4.07. The van der Waals surface area contributed by atoms with Crippen LogP contribution in [0, 0.1) is 0 Å². The van der Waals surface area contributed by atoms with Crippen LogP contribution >= 0.6 is 0 Å². The number of carbonyl (C=O) groups is 1. The van der Waals surface area contributed by atoms with Crippen LogP contribution in [0.2, 0.25) is 0 Å². The van der Waals surface area contributed by atoms with Crippen LogP contribution in [0.1, 0.15) is 45.4 Å². The molecule has 0 bridgehead atoms. The summed E-state index contributed by atoms with van der Waals surface area (Å²) in [7, 11) is 0. The summed E-state index contributed by atoms with van der Waals surface area (Å²) in [5.41, 5.74) is 1.02. The van der Waals surface area contributed by atoms with E-state index in [9.17, 15) is 4.79 Å². The van der Waals surface area contributed by atoms with E-state index in [0.717, 1.165) is 44.5 Å². The average molecular weight is 274 g/mol. The molecule has 1 amide bonds. The molecule has 1 heterocycles. The Balaban J connectivity index is 2.10. The van der Waals surface area contributed by atoms with E-state index in [1.54, 1.807) is 0 Å². The molecule has 1 aromatic carbocycles. The molecule has 0 saturated carbocycles. The molecular formula is C17H26N2O. The van der Waals surface area contributed by atoms with Crippen LogP contribution in [0.25, 0.3) is 0 Å². The molecule has 1 fully saturated rings. The lowest BCUT2D eigenvalue weighted by molar-refractivity contribution is -0.120. The zero-order valence-corrected chi connectivity index (χ0v) is 12.5. The molecule has 0 spiro atoms. The van der Waals surface area contributed by atoms with Crippen LogP contribution in [-0.2, 0) is 4.79 Å². The van der Waals surface area contributed by atoms with Crippen LogP contribution < -0.4 is 10.2 Å². The van der Waals surface area contributed by atoms with Gasteiger partial charge in [-0.15, -0.1) is 0 Å². The Morgan fingerprint density at radius 1 is 1.25 bits per heavy atom. The second-order valence-electron chi connectivity index (χ2n) is 5.54. The van der Waals surface area contributed by atoms with Gasteiger partial charge in [-0.25, -0.2) is 0 Å². The second-order valence-corrected chi connectivity index (χ2v) is 5.54. The highest BCUT2D eigenvalue weighted by atomic mass is 16.2. The van der Waals surface area contributed by atoms with Crippen molar-refractivity contribution >= 4 is 11.6 Å². The van der Waals surface area contributed by atoms with Crippen molar-refractivity contribution in [3.05, 3.63) is 30.3 Å². The summed E-state index contributed by atoms with van der Waals surface area (Å²) in [4.78, 5) is 14.8. The van der Waals surface area contributed by atoms with Crippen molar-refractivity contribution in [2.75, 3.05) is 18.0 Å². The van der Waals surface area contributed by atoms with E-state index in [1.807, 2.05) is 35.2 Å². The minimum atomic E-state index is -0.00503. The Morgan fingerprint density at radius 2 is 2.05 bits per heavy atom. The first-order valence-electron chi connectivity index (χ1n) is 7.92. The number of anilines is 1. The maximum atomic E-state index is 12.8. The number of unbranched alkanes of at least 4 members (excludes halogenated alkanes) is 1. The lowest BCUT2D eigenvalue weighted by Gasteiger charge is -2.27. The number of rotatable bonds is 5. The second kappa shape index (κ2) is 8.05. The van der Waals surface area contributed by atoms with Crippen molar-refractivity contribution in [2.24, 2.45) is 0 Å². The Kier molecular flexibility index (Phi) is 6.06. The van der Waals surface area contributed by atoms with Gasteiger partial charge in [0.05, 0.1) is 6.04 Å². The van der Waals surface area contributed by atoms with Crippen molar-refractivity contribution < 1.29 is 4.79 Å². The van der Waals surface area contributed by atoms with Crippen LogP contribution in [-0.4, -0.2) is 25.0 Å².